The van der Waals surface area contributed by atoms with Gasteiger partial charge in [0.2, 0.25) is 0 Å². The van der Waals surface area contributed by atoms with Crippen molar-refractivity contribution in [3.05, 3.63) is 74.9 Å². The average Bonchev–Trinajstić information content (AvgIpc) is 3.04. The van der Waals surface area contributed by atoms with Gasteiger partial charge in [-0.1, -0.05) is 40.9 Å². The topological polar surface area (TPSA) is 46.9 Å². The van der Waals surface area contributed by atoms with E-state index in [1.165, 1.54) is 0 Å². The van der Waals surface area contributed by atoms with Gasteiger partial charge in [-0.2, -0.15) is 5.10 Å². The second-order valence-electron chi connectivity index (χ2n) is 5.43. The van der Waals surface area contributed by atoms with Crippen LogP contribution < -0.4 is 5.32 Å². The molecule has 0 unspecified atom stereocenters. The van der Waals surface area contributed by atoms with E-state index in [0.29, 0.717) is 33.0 Å². The first-order valence-electron chi connectivity index (χ1n) is 7.58. The summed E-state index contributed by atoms with van der Waals surface area (Å²) in [6.45, 7) is 0.467. The van der Waals surface area contributed by atoms with Gasteiger partial charge in [0.1, 0.15) is 0 Å². The maximum absolute atomic E-state index is 12.5. The van der Waals surface area contributed by atoms with Crippen molar-refractivity contribution in [1.82, 2.24) is 9.78 Å². The van der Waals surface area contributed by atoms with Gasteiger partial charge in [-0.05, 0) is 42.2 Å². The molecule has 26 heavy (non-hydrogen) atoms. The minimum Gasteiger partial charge on any atom is -0.305 e. The van der Waals surface area contributed by atoms with Gasteiger partial charge in [0.15, 0.2) is 5.82 Å². The van der Waals surface area contributed by atoms with Gasteiger partial charge in [0.25, 0.3) is 5.91 Å². The Balaban J connectivity index is 1.73. The summed E-state index contributed by atoms with van der Waals surface area (Å²) >= 11 is 19.8. The lowest BCUT2D eigenvalue weighted by Crippen LogP contribution is -2.13. The van der Waals surface area contributed by atoms with Crippen molar-refractivity contribution < 1.29 is 4.79 Å². The zero-order valence-electron chi connectivity index (χ0n) is 13.7. The lowest BCUT2D eigenvalue weighted by Gasteiger charge is -2.07. The number of rotatable bonds is 5. The Kier molecular flexibility index (Phi) is 6.14. The highest BCUT2D eigenvalue weighted by atomic mass is 35.5. The first kappa shape index (κ1) is 19.1. The van der Waals surface area contributed by atoms with Crippen LogP contribution in [0.15, 0.2) is 53.6 Å². The van der Waals surface area contributed by atoms with Crippen molar-refractivity contribution in [3.63, 3.8) is 0 Å². The van der Waals surface area contributed by atoms with Crippen LogP contribution in [0.4, 0.5) is 5.82 Å². The summed E-state index contributed by atoms with van der Waals surface area (Å²) in [7, 11) is 0. The minimum atomic E-state index is -0.305. The van der Waals surface area contributed by atoms with E-state index in [1.54, 1.807) is 53.0 Å². The van der Waals surface area contributed by atoms with Crippen LogP contribution in [0.5, 0.6) is 0 Å². The molecule has 0 aliphatic rings. The fourth-order valence-electron chi connectivity index (χ4n) is 2.33. The Morgan fingerprint density at radius 3 is 2.65 bits per heavy atom. The highest BCUT2D eigenvalue weighted by Crippen LogP contribution is 2.24. The van der Waals surface area contributed by atoms with E-state index in [4.69, 9.17) is 34.8 Å². The number of anilines is 1. The molecule has 134 valence electrons. The van der Waals surface area contributed by atoms with Gasteiger partial charge in [0.05, 0.1) is 17.1 Å². The predicted molar refractivity (Wildman–Crippen MR) is 109 cm³/mol. The summed E-state index contributed by atoms with van der Waals surface area (Å²) in [4.78, 5) is 13.4. The SMILES string of the molecule is CSc1ccc(Cl)c(C(=O)Nc2ccn(Cc3ccc(Cl)cc3Cl)n2)c1. The monoisotopic (exact) mass is 425 g/mol. The molecule has 4 nitrogen and oxygen atoms in total. The summed E-state index contributed by atoms with van der Waals surface area (Å²) in [5.74, 6) is 0.131. The van der Waals surface area contributed by atoms with E-state index in [9.17, 15) is 4.79 Å². The fraction of sp³-hybridized carbons (Fsp3) is 0.111. The van der Waals surface area contributed by atoms with Crippen LogP contribution in [0, 0.1) is 0 Å². The molecule has 0 bridgehead atoms. The normalized spacial score (nSPS) is 10.8. The number of benzene rings is 2. The maximum Gasteiger partial charge on any atom is 0.258 e. The summed E-state index contributed by atoms with van der Waals surface area (Å²) in [5, 5.41) is 8.66. The number of amides is 1. The Bertz CT molecular complexity index is 959. The number of thioether (sulfide) groups is 1. The van der Waals surface area contributed by atoms with Gasteiger partial charge >= 0.3 is 0 Å². The molecule has 0 fully saturated rings. The summed E-state index contributed by atoms with van der Waals surface area (Å²) in [6.07, 6.45) is 3.70. The highest BCUT2D eigenvalue weighted by molar-refractivity contribution is 7.98. The largest absolute Gasteiger partial charge is 0.305 e. The van der Waals surface area contributed by atoms with Crippen molar-refractivity contribution in [2.75, 3.05) is 11.6 Å². The number of hydrogen-bond donors (Lipinski definition) is 1. The van der Waals surface area contributed by atoms with E-state index >= 15 is 0 Å². The van der Waals surface area contributed by atoms with Gasteiger partial charge in [-0.3, -0.25) is 9.48 Å². The molecule has 0 spiro atoms. The second kappa shape index (κ2) is 8.35. The summed E-state index contributed by atoms with van der Waals surface area (Å²) in [5.41, 5.74) is 1.29. The predicted octanol–water partition coefficient (Wildman–Crippen LogP) is 5.87. The lowest BCUT2D eigenvalue weighted by atomic mass is 10.2. The van der Waals surface area contributed by atoms with Crippen LogP contribution in [-0.4, -0.2) is 21.9 Å². The lowest BCUT2D eigenvalue weighted by molar-refractivity contribution is 0.102. The number of carbonyl (C=O) groups excluding carboxylic acids is 1. The number of nitrogens with one attached hydrogen (secondary N) is 1. The third kappa shape index (κ3) is 4.54. The summed E-state index contributed by atoms with van der Waals surface area (Å²) < 4.78 is 1.69. The van der Waals surface area contributed by atoms with Crippen molar-refractivity contribution in [2.24, 2.45) is 0 Å². The van der Waals surface area contributed by atoms with Gasteiger partial charge in [0, 0.05) is 27.2 Å². The molecule has 0 saturated heterocycles. The van der Waals surface area contributed by atoms with Crippen LogP contribution in [-0.2, 0) is 6.54 Å². The molecular weight excluding hydrogens is 413 g/mol. The number of carbonyl (C=O) groups is 1. The molecule has 2 aromatic carbocycles. The Labute approximate surface area is 170 Å². The van der Waals surface area contributed by atoms with Gasteiger partial charge < -0.3 is 5.32 Å². The minimum absolute atomic E-state index is 0.305. The van der Waals surface area contributed by atoms with Crippen LogP contribution in [0.25, 0.3) is 0 Å². The smallest absolute Gasteiger partial charge is 0.258 e. The first-order valence-corrected chi connectivity index (χ1v) is 9.94. The zero-order valence-corrected chi connectivity index (χ0v) is 16.8. The van der Waals surface area contributed by atoms with Crippen LogP contribution in [0.2, 0.25) is 15.1 Å². The molecule has 8 heteroatoms. The van der Waals surface area contributed by atoms with Gasteiger partial charge in [-0.15, -0.1) is 11.8 Å². The Morgan fingerprint density at radius 1 is 1.12 bits per heavy atom. The number of aromatic nitrogens is 2. The van der Waals surface area contributed by atoms with E-state index in [0.717, 1.165) is 10.5 Å². The van der Waals surface area contributed by atoms with Crippen molar-refractivity contribution in [2.45, 2.75) is 11.4 Å². The molecule has 1 N–H and O–H groups in total. The number of hydrogen-bond acceptors (Lipinski definition) is 3. The first-order chi connectivity index (χ1) is 12.5. The van der Waals surface area contributed by atoms with Crippen molar-refractivity contribution in [3.8, 4) is 0 Å². The quantitative estimate of drug-likeness (QED) is 0.519. The average molecular weight is 427 g/mol. The number of halogens is 3. The molecular formula is C18H14Cl3N3OS. The Hall–Kier alpha value is -1.66. The molecule has 3 aromatic rings. The van der Waals surface area contributed by atoms with Crippen LogP contribution >= 0.6 is 46.6 Å². The molecule has 0 saturated carbocycles. The van der Waals surface area contributed by atoms with Crippen molar-refractivity contribution >= 4 is 58.3 Å². The zero-order chi connectivity index (χ0) is 18.7. The molecule has 0 aliphatic carbocycles. The number of nitrogens with zero attached hydrogens (tertiary/aromatic N) is 2. The highest BCUT2D eigenvalue weighted by Gasteiger charge is 2.13. The third-order valence-corrected chi connectivity index (χ3v) is 5.29. The third-order valence-electron chi connectivity index (χ3n) is 3.65. The van der Waals surface area contributed by atoms with E-state index < -0.39 is 0 Å². The molecule has 1 heterocycles. The van der Waals surface area contributed by atoms with Gasteiger partial charge in [-0.25, -0.2) is 0 Å². The van der Waals surface area contributed by atoms with Crippen LogP contribution in [0.3, 0.4) is 0 Å². The van der Waals surface area contributed by atoms with E-state index in [1.807, 2.05) is 18.4 Å². The summed E-state index contributed by atoms with van der Waals surface area (Å²) in [6, 6.07) is 12.4. The van der Waals surface area contributed by atoms with E-state index in [2.05, 4.69) is 10.4 Å². The molecule has 0 aliphatic heterocycles. The molecule has 3 rings (SSSR count). The molecule has 1 aromatic heterocycles. The molecule has 1 amide bonds. The fourth-order valence-corrected chi connectivity index (χ4v) is 3.44. The van der Waals surface area contributed by atoms with E-state index in [-0.39, 0.29) is 5.91 Å². The second-order valence-corrected chi connectivity index (χ2v) is 7.56. The van der Waals surface area contributed by atoms with Crippen LogP contribution in [0.1, 0.15) is 15.9 Å². The molecule has 0 atom stereocenters. The standard InChI is InChI=1S/C18H14Cl3N3OS/c1-26-13-4-5-15(20)14(9-13)18(25)22-17-6-7-24(23-17)10-11-2-3-12(19)8-16(11)21/h2-9H,10H2,1H3,(H,22,23,25). The Morgan fingerprint density at radius 2 is 1.92 bits per heavy atom. The molecule has 0 radical (unpaired) electrons. The maximum atomic E-state index is 12.5. The van der Waals surface area contributed by atoms with Crippen molar-refractivity contribution in [1.29, 1.82) is 0 Å².